The predicted molar refractivity (Wildman–Crippen MR) is 78.1 cm³/mol. The fourth-order valence-electron chi connectivity index (χ4n) is 2.61. The summed E-state index contributed by atoms with van der Waals surface area (Å²) in [7, 11) is 2.00. The third-order valence-corrected chi connectivity index (χ3v) is 5.15. The van der Waals surface area contributed by atoms with Gasteiger partial charge in [0.05, 0.1) is 5.01 Å². The van der Waals surface area contributed by atoms with Crippen LogP contribution < -0.4 is 5.32 Å². The van der Waals surface area contributed by atoms with Crippen molar-refractivity contribution in [1.29, 1.82) is 0 Å². The van der Waals surface area contributed by atoms with Gasteiger partial charge in [-0.3, -0.25) is 0 Å². The maximum absolute atomic E-state index is 4.59. The van der Waals surface area contributed by atoms with Gasteiger partial charge in [0.1, 0.15) is 0 Å². The molecule has 1 fully saturated rings. The monoisotopic (exact) mass is 267 g/mol. The third kappa shape index (κ3) is 3.53. The normalized spacial score (nSPS) is 23.2. The Morgan fingerprint density at radius 3 is 3.17 bits per heavy atom. The molecule has 0 radical (unpaired) electrons. The number of rotatable bonds is 5. The summed E-state index contributed by atoms with van der Waals surface area (Å²) in [6, 6.07) is 0.426. The first-order valence-corrected chi connectivity index (χ1v) is 7.88. The second-order valence-electron chi connectivity index (χ2n) is 5.27. The number of hydrogen-bond acceptors (Lipinski definition) is 4. The van der Waals surface area contributed by atoms with E-state index in [0.717, 1.165) is 12.3 Å². The summed E-state index contributed by atoms with van der Waals surface area (Å²) in [5.74, 6) is 0.808. The molecular formula is C14H25N3S. The summed E-state index contributed by atoms with van der Waals surface area (Å²) in [5.41, 5.74) is 0. The molecule has 3 nitrogen and oxygen atoms in total. The standard InChI is InChI=1S/C14H25N3S/c1-4-17-7-5-6-12(10-17)8-14-16-9-13(18-14)11(2)15-3/h9,11-12,15H,4-8,10H2,1-3H3. The minimum atomic E-state index is 0.426. The number of nitrogens with zero attached hydrogens (tertiary/aromatic N) is 2. The number of aromatic nitrogens is 1. The number of hydrogen-bond donors (Lipinski definition) is 1. The molecule has 0 saturated carbocycles. The molecule has 2 atom stereocenters. The number of thiazole rings is 1. The summed E-state index contributed by atoms with van der Waals surface area (Å²) >= 11 is 1.88. The van der Waals surface area contributed by atoms with E-state index in [-0.39, 0.29) is 0 Å². The van der Waals surface area contributed by atoms with Crippen LogP contribution in [0.15, 0.2) is 6.20 Å². The summed E-state index contributed by atoms with van der Waals surface area (Å²) in [4.78, 5) is 8.52. The Bertz CT molecular complexity index is 364. The van der Waals surface area contributed by atoms with E-state index >= 15 is 0 Å². The SMILES string of the molecule is CCN1CCCC(Cc2ncc(C(C)NC)s2)C1. The second-order valence-corrected chi connectivity index (χ2v) is 6.42. The van der Waals surface area contributed by atoms with Gasteiger partial charge in [-0.15, -0.1) is 11.3 Å². The fourth-order valence-corrected chi connectivity index (χ4v) is 3.71. The first-order chi connectivity index (χ1) is 8.72. The fraction of sp³-hybridized carbons (Fsp3) is 0.786. The molecule has 1 aliphatic heterocycles. The van der Waals surface area contributed by atoms with Crippen LogP contribution in [0.1, 0.15) is 42.6 Å². The second kappa shape index (κ2) is 6.64. The van der Waals surface area contributed by atoms with Gasteiger partial charge in [0.25, 0.3) is 0 Å². The van der Waals surface area contributed by atoms with Crippen LogP contribution in [0.4, 0.5) is 0 Å². The van der Waals surface area contributed by atoms with E-state index in [9.17, 15) is 0 Å². The highest BCUT2D eigenvalue weighted by Crippen LogP contribution is 2.25. The summed E-state index contributed by atoms with van der Waals surface area (Å²) in [5, 5.41) is 4.59. The topological polar surface area (TPSA) is 28.2 Å². The van der Waals surface area contributed by atoms with Crippen LogP contribution in [0.3, 0.4) is 0 Å². The Morgan fingerprint density at radius 2 is 2.44 bits per heavy atom. The van der Waals surface area contributed by atoms with Crippen LogP contribution in [-0.2, 0) is 6.42 Å². The molecule has 4 heteroatoms. The lowest BCUT2D eigenvalue weighted by Crippen LogP contribution is -2.35. The summed E-state index contributed by atoms with van der Waals surface area (Å²) in [6.45, 7) is 8.19. The molecule has 2 unspecified atom stereocenters. The first kappa shape index (κ1) is 14.0. The zero-order valence-corrected chi connectivity index (χ0v) is 12.6. The molecular weight excluding hydrogens is 242 g/mol. The Morgan fingerprint density at radius 1 is 1.61 bits per heavy atom. The largest absolute Gasteiger partial charge is 0.312 e. The molecule has 2 heterocycles. The Hall–Kier alpha value is -0.450. The van der Waals surface area contributed by atoms with Gasteiger partial charge >= 0.3 is 0 Å². The van der Waals surface area contributed by atoms with Crippen LogP contribution in [0.25, 0.3) is 0 Å². The average Bonchev–Trinajstić information content (AvgIpc) is 2.86. The molecule has 1 N–H and O–H groups in total. The van der Waals surface area contributed by atoms with Crippen LogP contribution in [0, 0.1) is 5.92 Å². The molecule has 18 heavy (non-hydrogen) atoms. The van der Waals surface area contributed by atoms with Crippen LogP contribution >= 0.6 is 11.3 Å². The zero-order chi connectivity index (χ0) is 13.0. The van der Waals surface area contributed by atoms with Crippen molar-refractivity contribution >= 4 is 11.3 Å². The van der Waals surface area contributed by atoms with E-state index in [2.05, 4.69) is 29.0 Å². The van der Waals surface area contributed by atoms with Crippen molar-refractivity contribution in [3.8, 4) is 0 Å². The van der Waals surface area contributed by atoms with Crippen molar-refractivity contribution in [2.24, 2.45) is 5.92 Å². The van der Waals surface area contributed by atoms with Crippen molar-refractivity contribution < 1.29 is 0 Å². The van der Waals surface area contributed by atoms with Gasteiger partial charge in [0.2, 0.25) is 0 Å². The Balaban J connectivity index is 1.90. The lowest BCUT2D eigenvalue weighted by Gasteiger charge is -2.31. The molecule has 102 valence electrons. The van der Waals surface area contributed by atoms with Gasteiger partial charge < -0.3 is 10.2 Å². The molecule has 0 aliphatic carbocycles. The van der Waals surface area contributed by atoms with E-state index in [1.165, 1.54) is 42.4 Å². The predicted octanol–water partition coefficient (Wildman–Crippen LogP) is 2.70. The van der Waals surface area contributed by atoms with Crippen LogP contribution in [0.2, 0.25) is 0 Å². The molecule has 0 bridgehead atoms. The Kier molecular flexibility index (Phi) is 5.15. The molecule has 1 aromatic rings. The molecule has 0 aromatic carbocycles. The number of nitrogens with one attached hydrogen (secondary N) is 1. The minimum Gasteiger partial charge on any atom is -0.312 e. The van der Waals surface area contributed by atoms with E-state index in [4.69, 9.17) is 0 Å². The van der Waals surface area contributed by atoms with E-state index in [1.54, 1.807) is 0 Å². The third-order valence-electron chi connectivity index (χ3n) is 3.94. The quantitative estimate of drug-likeness (QED) is 0.889. The number of likely N-dealkylation sites (tertiary alicyclic amines) is 1. The van der Waals surface area contributed by atoms with Gasteiger partial charge in [-0.1, -0.05) is 6.92 Å². The minimum absolute atomic E-state index is 0.426. The van der Waals surface area contributed by atoms with Gasteiger partial charge in [-0.25, -0.2) is 4.98 Å². The van der Waals surface area contributed by atoms with Crippen molar-refractivity contribution in [2.75, 3.05) is 26.7 Å². The molecule has 0 spiro atoms. The van der Waals surface area contributed by atoms with Crippen molar-refractivity contribution in [3.05, 3.63) is 16.1 Å². The van der Waals surface area contributed by atoms with Crippen molar-refractivity contribution in [3.63, 3.8) is 0 Å². The Labute approximate surface area is 115 Å². The van der Waals surface area contributed by atoms with Crippen molar-refractivity contribution in [1.82, 2.24) is 15.2 Å². The maximum atomic E-state index is 4.59. The van der Waals surface area contributed by atoms with Gasteiger partial charge in [-0.2, -0.15) is 0 Å². The van der Waals surface area contributed by atoms with Gasteiger partial charge in [0, 0.05) is 30.1 Å². The zero-order valence-electron chi connectivity index (χ0n) is 11.8. The lowest BCUT2D eigenvalue weighted by molar-refractivity contribution is 0.182. The molecule has 1 aromatic heterocycles. The molecule has 2 rings (SSSR count). The van der Waals surface area contributed by atoms with Crippen LogP contribution in [0.5, 0.6) is 0 Å². The van der Waals surface area contributed by atoms with E-state index in [0.29, 0.717) is 6.04 Å². The highest BCUT2D eigenvalue weighted by Gasteiger charge is 2.20. The first-order valence-electron chi connectivity index (χ1n) is 7.07. The number of piperidine rings is 1. The lowest BCUT2D eigenvalue weighted by atomic mass is 9.95. The van der Waals surface area contributed by atoms with Gasteiger partial charge in [-0.05, 0) is 45.8 Å². The van der Waals surface area contributed by atoms with E-state index < -0.39 is 0 Å². The van der Waals surface area contributed by atoms with E-state index in [1.807, 2.05) is 24.6 Å². The van der Waals surface area contributed by atoms with Crippen molar-refractivity contribution in [2.45, 2.75) is 39.2 Å². The summed E-state index contributed by atoms with van der Waals surface area (Å²) < 4.78 is 0. The summed E-state index contributed by atoms with van der Waals surface area (Å²) in [6.07, 6.45) is 5.93. The maximum Gasteiger partial charge on any atom is 0.0931 e. The average molecular weight is 267 g/mol. The highest BCUT2D eigenvalue weighted by atomic mass is 32.1. The smallest absolute Gasteiger partial charge is 0.0931 e. The molecule has 1 aliphatic rings. The molecule has 0 amide bonds. The van der Waals surface area contributed by atoms with Crippen LogP contribution in [-0.4, -0.2) is 36.6 Å². The molecule has 1 saturated heterocycles. The highest BCUT2D eigenvalue weighted by molar-refractivity contribution is 7.11. The van der Waals surface area contributed by atoms with Gasteiger partial charge in [0.15, 0.2) is 0 Å².